The average molecular weight is 472 g/mol. The zero-order valence-electron chi connectivity index (χ0n) is 19.3. The number of methoxy groups -OCH3 is 2. The minimum atomic E-state index is -0.757. The summed E-state index contributed by atoms with van der Waals surface area (Å²) in [5, 5.41) is 13.6. The van der Waals surface area contributed by atoms with Gasteiger partial charge in [-0.25, -0.2) is 13.8 Å². The van der Waals surface area contributed by atoms with Crippen LogP contribution in [0.3, 0.4) is 0 Å². The first-order valence-corrected chi connectivity index (χ1v) is 10.7. The summed E-state index contributed by atoms with van der Waals surface area (Å²) in [5.74, 6) is -0.999. The van der Waals surface area contributed by atoms with Gasteiger partial charge >= 0.3 is 0 Å². The Hall–Kier alpha value is -3.73. The van der Waals surface area contributed by atoms with Crippen molar-refractivity contribution in [1.82, 2.24) is 14.8 Å². The summed E-state index contributed by atoms with van der Waals surface area (Å²) in [7, 11) is 2.89. The fourth-order valence-corrected chi connectivity index (χ4v) is 3.85. The average Bonchev–Trinajstić information content (AvgIpc) is 3.24. The van der Waals surface area contributed by atoms with Crippen LogP contribution in [-0.2, 0) is 22.6 Å². The first-order valence-electron chi connectivity index (χ1n) is 10.7. The lowest BCUT2D eigenvalue weighted by Gasteiger charge is -2.31. The maximum absolute atomic E-state index is 13.9. The van der Waals surface area contributed by atoms with E-state index in [9.17, 15) is 13.6 Å². The van der Waals surface area contributed by atoms with Gasteiger partial charge in [-0.05, 0) is 19.9 Å². The number of benzene rings is 1. The number of halogens is 2. The van der Waals surface area contributed by atoms with Gasteiger partial charge in [-0.2, -0.15) is 5.10 Å². The largest absolute Gasteiger partial charge is 0.493 e. The number of hydrogen-bond acceptors (Lipinski definition) is 7. The van der Waals surface area contributed by atoms with E-state index < -0.39 is 17.7 Å². The molecule has 2 aromatic heterocycles. The highest BCUT2D eigenvalue weighted by molar-refractivity contribution is 6.04. The van der Waals surface area contributed by atoms with E-state index in [1.54, 1.807) is 24.2 Å². The molecule has 1 aromatic carbocycles. The Morgan fingerprint density at radius 2 is 2.06 bits per heavy atom. The Morgan fingerprint density at radius 1 is 1.26 bits per heavy atom. The summed E-state index contributed by atoms with van der Waals surface area (Å²) in [6, 6.07) is 3.31. The Balaban J connectivity index is 1.46. The van der Waals surface area contributed by atoms with Crippen LogP contribution in [0.5, 0.6) is 5.75 Å². The smallest absolute Gasteiger partial charge is 0.249 e. The molecular weight excluding hydrogens is 446 g/mol. The molecule has 9 nitrogen and oxygen atoms in total. The molecule has 3 aromatic rings. The van der Waals surface area contributed by atoms with Crippen LogP contribution in [0.25, 0.3) is 0 Å². The van der Waals surface area contributed by atoms with E-state index in [1.165, 1.54) is 13.2 Å². The molecule has 1 aliphatic rings. The van der Waals surface area contributed by atoms with Gasteiger partial charge in [0.15, 0.2) is 11.6 Å². The first kappa shape index (κ1) is 23.4. The zero-order chi connectivity index (χ0) is 24.4. The molecule has 180 valence electrons. The van der Waals surface area contributed by atoms with Gasteiger partial charge in [0.05, 0.1) is 43.0 Å². The molecule has 0 saturated carbocycles. The Bertz CT molecular complexity index is 1220. The normalized spacial score (nSPS) is 15.8. The number of hydrogen-bond donors (Lipinski definition) is 3. The summed E-state index contributed by atoms with van der Waals surface area (Å²) in [6.07, 6.45) is 3.12. The molecule has 1 amide bonds. The van der Waals surface area contributed by atoms with E-state index >= 15 is 0 Å². The molecule has 0 radical (unpaired) electrons. The molecule has 0 bridgehead atoms. The Labute approximate surface area is 195 Å². The van der Waals surface area contributed by atoms with Crippen molar-refractivity contribution in [2.24, 2.45) is 0 Å². The van der Waals surface area contributed by atoms with Gasteiger partial charge in [0.1, 0.15) is 17.7 Å². The third-order valence-corrected chi connectivity index (χ3v) is 5.67. The second-order valence-electron chi connectivity index (χ2n) is 8.05. The van der Waals surface area contributed by atoms with E-state index in [-0.39, 0.29) is 24.3 Å². The minimum Gasteiger partial charge on any atom is -0.493 e. The highest BCUT2D eigenvalue weighted by Crippen LogP contribution is 2.32. The number of fused-ring (bicyclic) bond motifs is 1. The third-order valence-electron chi connectivity index (χ3n) is 5.67. The van der Waals surface area contributed by atoms with Crippen molar-refractivity contribution in [2.75, 3.05) is 30.2 Å². The number of carbonyl (C=O) groups excluding carboxylic acids is 1. The summed E-state index contributed by atoms with van der Waals surface area (Å²) in [6.45, 7) is 4.21. The number of amides is 1. The molecule has 0 fully saturated rings. The maximum Gasteiger partial charge on any atom is 0.249 e. The van der Waals surface area contributed by atoms with Gasteiger partial charge < -0.3 is 25.4 Å². The lowest BCUT2D eigenvalue weighted by Crippen LogP contribution is -2.46. The molecule has 0 saturated heterocycles. The quantitative estimate of drug-likeness (QED) is 0.462. The van der Waals surface area contributed by atoms with Gasteiger partial charge in [-0.3, -0.25) is 9.48 Å². The van der Waals surface area contributed by atoms with E-state index in [2.05, 4.69) is 26.0 Å². The van der Waals surface area contributed by atoms with E-state index in [1.807, 2.05) is 19.9 Å². The number of anilines is 3. The van der Waals surface area contributed by atoms with Crippen molar-refractivity contribution in [1.29, 1.82) is 0 Å². The SMILES string of the molecule is COc1c(F)cc(F)cc1Cn1cc(CNc2cc3c(c(C)n2)NC(=O)[C@H]([C@@H](C)OC)N3)cn1. The molecule has 4 rings (SSSR count). The van der Waals surface area contributed by atoms with Crippen molar-refractivity contribution >= 4 is 23.1 Å². The maximum atomic E-state index is 13.9. The summed E-state index contributed by atoms with van der Waals surface area (Å²) >= 11 is 0. The standard InChI is InChI=1S/C23H26F2N6O3/c1-12-20-18(29-21(13(2)33-3)23(32)30-20)7-19(28-12)26-8-14-9-27-31(10-14)11-15-5-16(24)6-17(25)22(15)34-4/h5-7,9-10,13,21,29H,8,11H2,1-4H3,(H,26,28)(H,30,32)/t13-,21+/m1/s1. The minimum absolute atomic E-state index is 0.00834. The monoisotopic (exact) mass is 472 g/mol. The molecule has 0 spiro atoms. The molecule has 1 aliphatic heterocycles. The number of rotatable bonds is 8. The van der Waals surface area contributed by atoms with E-state index in [0.29, 0.717) is 29.3 Å². The Kier molecular flexibility index (Phi) is 6.64. The fourth-order valence-electron chi connectivity index (χ4n) is 3.85. The van der Waals surface area contributed by atoms with Crippen molar-refractivity contribution in [2.45, 2.75) is 39.1 Å². The molecular formula is C23H26F2N6O3. The molecule has 0 unspecified atom stereocenters. The van der Waals surface area contributed by atoms with Crippen LogP contribution in [0, 0.1) is 18.6 Å². The van der Waals surface area contributed by atoms with Crippen molar-refractivity contribution in [3.63, 3.8) is 0 Å². The van der Waals surface area contributed by atoms with Gasteiger partial charge in [0, 0.05) is 43.1 Å². The lowest BCUT2D eigenvalue weighted by molar-refractivity contribution is -0.119. The van der Waals surface area contributed by atoms with Gasteiger partial charge in [0.25, 0.3) is 0 Å². The van der Waals surface area contributed by atoms with Crippen LogP contribution in [0.15, 0.2) is 30.6 Å². The van der Waals surface area contributed by atoms with Gasteiger partial charge in [-0.1, -0.05) is 0 Å². The number of nitrogens with one attached hydrogen (secondary N) is 3. The van der Waals surface area contributed by atoms with Crippen LogP contribution in [0.1, 0.15) is 23.7 Å². The number of nitrogens with zero attached hydrogens (tertiary/aromatic N) is 3. The Morgan fingerprint density at radius 3 is 2.79 bits per heavy atom. The van der Waals surface area contributed by atoms with Crippen molar-refractivity contribution in [3.8, 4) is 5.75 Å². The topological polar surface area (TPSA) is 102 Å². The molecule has 0 aliphatic carbocycles. The van der Waals surface area contributed by atoms with Crippen molar-refractivity contribution < 1.29 is 23.0 Å². The number of pyridine rings is 1. The predicted octanol–water partition coefficient (Wildman–Crippen LogP) is 3.30. The predicted molar refractivity (Wildman–Crippen MR) is 123 cm³/mol. The van der Waals surface area contributed by atoms with Crippen molar-refractivity contribution in [3.05, 3.63) is 59.0 Å². The van der Waals surface area contributed by atoms with Crippen LogP contribution < -0.4 is 20.7 Å². The number of aryl methyl sites for hydroxylation is 1. The molecule has 2 atom stereocenters. The highest BCUT2D eigenvalue weighted by Gasteiger charge is 2.31. The van der Waals surface area contributed by atoms with Gasteiger partial charge in [-0.15, -0.1) is 0 Å². The summed E-state index contributed by atoms with van der Waals surface area (Å²) in [4.78, 5) is 16.9. The third kappa shape index (κ3) is 4.79. The van der Waals surface area contributed by atoms with Gasteiger partial charge in [0.2, 0.25) is 5.91 Å². The first-order chi connectivity index (χ1) is 16.3. The fraction of sp³-hybridized carbons (Fsp3) is 0.348. The molecule has 11 heteroatoms. The molecule has 3 heterocycles. The molecule has 34 heavy (non-hydrogen) atoms. The number of aromatic nitrogens is 3. The lowest BCUT2D eigenvalue weighted by atomic mass is 10.1. The zero-order valence-corrected chi connectivity index (χ0v) is 19.3. The van der Waals surface area contributed by atoms with E-state index in [0.717, 1.165) is 17.3 Å². The van der Waals surface area contributed by atoms with Crippen LogP contribution in [-0.4, -0.2) is 47.0 Å². The molecule has 3 N–H and O–H groups in total. The van der Waals surface area contributed by atoms with Crippen LogP contribution in [0.4, 0.5) is 26.0 Å². The highest BCUT2D eigenvalue weighted by atomic mass is 19.1. The second kappa shape index (κ2) is 9.64. The van der Waals surface area contributed by atoms with Crippen LogP contribution in [0.2, 0.25) is 0 Å². The van der Waals surface area contributed by atoms with E-state index in [4.69, 9.17) is 9.47 Å². The summed E-state index contributed by atoms with van der Waals surface area (Å²) < 4.78 is 39.5. The number of carbonyl (C=O) groups is 1. The number of ether oxygens (including phenoxy) is 2. The summed E-state index contributed by atoms with van der Waals surface area (Å²) in [5.41, 5.74) is 3.25. The second-order valence-corrected chi connectivity index (χ2v) is 8.05. The van der Waals surface area contributed by atoms with Crippen LogP contribution >= 0.6 is 0 Å².